The summed E-state index contributed by atoms with van der Waals surface area (Å²) in [5, 5.41) is 8.28. The van der Waals surface area contributed by atoms with E-state index in [1.165, 1.54) is 4.68 Å². The van der Waals surface area contributed by atoms with Gasteiger partial charge in [0.1, 0.15) is 5.75 Å². The highest BCUT2D eigenvalue weighted by molar-refractivity contribution is 6.04. The third-order valence-corrected chi connectivity index (χ3v) is 4.28. The first-order valence-corrected chi connectivity index (χ1v) is 9.42. The molecule has 0 aliphatic rings. The number of amides is 1. The van der Waals surface area contributed by atoms with Crippen molar-refractivity contribution in [3.63, 3.8) is 0 Å². The van der Waals surface area contributed by atoms with Crippen LogP contribution in [0.15, 0.2) is 53.3 Å². The van der Waals surface area contributed by atoms with E-state index >= 15 is 0 Å². The Balaban J connectivity index is 1.84. The largest absolute Gasteiger partial charge is 0.491 e. The molecule has 6 nitrogen and oxygen atoms in total. The lowest BCUT2D eigenvalue weighted by atomic mass is 10.1. The van der Waals surface area contributed by atoms with E-state index in [9.17, 15) is 9.59 Å². The molecule has 3 rings (SSSR count). The second kappa shape index (κ2) is 8.25. The van der Waals surface area contributed by atoms with Gasteiger partial charge in [0, 0.05) is 11.9 Å². The lowest BCUT2D eigenvalue weighted by molar-refractivity contribution is 0.0945. The zero-order valence-electron chi connectivity index (χ0n) is 16.6. The van der Waals surface area contributed by atoms with Crippen molar-refractivity contribution in [2.24, 2.45) is 0 Å². The maximum absolute atomic E-state index is 12.8. The molecule has 0 atom stereocenters. The number of fused-ring (bicyclic) bond motifs is 1. The fourth-order valence-electron chi connectivity index (χ4n) is 2.95. The predicted octanol–water partition coefficient (Wildman–Crippen LogP) is 3.69. The first-order chi connectivity index (χ1) is 13.4. The number of benzene rings is 2. The molecule has 146 valence electrons. The molecule has 0 unspecified atom stereocenters. The van der Waals surface area contributed by atoms with Gasteiger partial charge < -0.3 is 10.1 Å². The molecule has 1 N–H and O–H groups in total. The average Bonchev–Trinajstić information content (AvgIpc) is 2.67. The van der Waals surface area contributed by atoms with E-state index in [0.717, 1.165) is 11.3 Å². The highest BCUT2D eigenvalue weighted by atomic mass is 16.5. The number of ether oxygens (including phenoxy) is 1. The van der Waals surface area contributed by atoms with Gasteiger partial charge in [-0.05, 0) is 51.5 Å². The smallest absolute Gasteiger partial charge is 0.274 e. The molecule has 0 saturated heterocycles. The van der Waals surface area contributed by atoms with E-state index in [1.54, 1.807) is 24.3 Å². The van der Waals surface area contributed by atoms with Crippen LogP contribution in [0.5, 0.6) is 5.75 Å². The number of hydrogen-bond donors (Lipinski definition) is 1. The standard InChI is InChI=1S/C22H25N3O3/c1-14(2)25-22(27)19-8-6-5-7-18(19)20(24-25)21(26)23-13-16-9-11-17(12-10-16)28-15(3)4/h5-12,14-15H,13H2,1-4H3,(H,23,26). The van der Waals surface area contributed by atoms with Crippen LogP contribution in [-0.2, 0) is 6.54 Å². The molecule has 0 aliphatic carbocycles. The number of carbonyl (C=O) groups excluding carboxylic acids is 1. The number of aromatic nitrogens is 2. The minimum atomic E-state index is -0.312. The minimum Gasteiger partial charge on any atom is -0.491 e. The number of carbonyl (C=O) groups is 1. The Hall–Kier alpha value is -3.15. The minimum absolute atomic E-state index is 0.113. The number of nitrogens with zero attached hydrogens (tertiary/aromatic N) is 2. The molecule has 0 fully saturated rings. The zero-order chi connectivity index (χ0) is 20.3. The van der Waals surface area contributed by atoms with E-state index in [0.29, 0.717) is 17.3 Å². The predicted molar refractivity (Wildman–Crippen MR) is 110 cm³/mol. The van der Waals surface area contributed by atoms with Crippen LogP contribution in [0.1, 0.15) is 49.8 Å². The van der Waals surface area contributed by atoms with E-state index in [4.69, 9.17) is 4.74 Å². The first-order valence-electron chi connectivity index (χ1n) is 9.42. The molecule has 1 heterocycles. The zero-order valence-corrected chi connectivity index (χ0v) is 16.6. The lowest BCUT2D eigenvalue weighted by Crippen LogP contribution is -2.31. The van der Waals surface area contributed by atoms with Crippen LogP contribution in [-0.4, -0.2) is 21.8 Å². The van der Waals surface area contributed by atoms with E-state index in [1.807, 2.05) is 52.0 Å². The van der Waals surface area contributed by atoms with Crippen LogP contribution in [0, 0.1) is 0 Å². The van der Waals surface area contributed by atoms with Crippen molar-refractivity contribution in [3.05, 3.63) is 70.1 Å². The fourth-order valence-corrected chi connectivity index (χ4v) is 2.95. The van der Waals surface area contributed by atoms with Gasteiger partial charge in [-0.1, -0.05) is 30.3 Å². The van der Waals surface area contributed by atoms with Crippen molar-refractivity contribution in [3.8, 4) is 5.75 Å². The van der Waals surface area contributed by atoms with E-state index < -0.39 is 0 Å². The molecule has 2 aromatic carbocycles. The maximum Gasteiger partial charge on any atom is 0.274 e. The van der Waals surface area contributed by atoms with E-state index in [2.05, 4.69) is 10.4 Å². The van der Waals surface area contributed by atoms with Gasteiger partial charge in [0.2, 0.25) is 0 Å². The molecule has 1 amide bonds. The Bertz CT molecular complexity index is 1040. The van der Waals surface area contributed by atoms with Gasteiger partial charge in [0.25, 0.3) is 11.5 Å². The van der Waals surface area contributed by atoms with Crippen LogP contribution in [0.3, 0.4) is 0 Å². The van der Waals surface area contributed by atoms with Gasteiger partial charge in [0.05, 0.1) is 17.5 Å². The molecule has 0 saturated carbocycles. The van der Waals surface area contributed by atoms with Gasteiger partial charge in [0.15, 0.2) is 5.69 Å². The number of hydrogen-bond acceptors (Lipinski definition) is 4. The SMILES string of the molecule is CC(C)Oc1ccc(CNC(=O)c2nn(C(C)C)c(=O)c3ccccc23)cc1. The first kappa shape index (κ1) is 19.6. The van der Waals surface area contributed by atoms with Crippen LogP contribution in [0.2, 0.25) is 0 Å². The fraction of sp³-hybridized carbons (Fsp3) is 0.318. The van der Waals surface area contributed by atoms with Crippen molar-refractivity contribution >= 4 is 16.7 Å². The van der Waals surface area contributed by atoms with Crippen LogP contribution >= 0.6 is 0 Å². The van der Waals surface area contributed by atoms with Crippen molar-refractivity contribution < 1.29 is 9.53 Å². The summed E-state index contributed by atoms with van der Waals surface area (Å²) in [5.74, 6) is 0.481. The number of nitrogens with one attached hydrogen (secondary N) is 1. The maximum atomic E-state index is 12.8. The van der Waals surface area contributed by atoms with Crippen molar-refractivity contribution in [2.75, 3.05) is 0 Å². The molecule has 0 aliphatic heterocycles. The summed E-state index contributed by atoms with van der Waals surface area (Å²) in [6.07, 6.45) is 0.113. The average molecular weight is 379 g/mol. The molecular weight excluding hydrogens is 354 g/mol. The summed E-state index contributed by atoms with van der Waals surface area (Å²) in [5.41, 5.74) is 1.01. The molecule has 0 spiro atoms. The van der Waals surface area contributed by atoms with Crippen LogP contribution in [0.25, 0.3) is 10.8 Å². The van der Waals surface area contributed by atoms with Crippen molar-refractivity contribution in [1.82, 2.24) is 15.1 Å². The summed E-state index contributed by atoms with van der Waals surface area (Å²) in [7, 11) is 0. The van der Waals surface area contributed by atoms with Crippen LogP contribution < -0.4 is 15.6 Å². The number of rotatable bonds is 6. The molecule has 0 bridgehead atoms. The Labute approximate surface area is 164 Å². The monoisotopic (exact) mass is 379 g/mol. The topological polar surface area (TPSA) is 73.2 Å². The second-order valence-corrected chi connectivity index (χ2v) is 7.23. The highest BCUT2D eigenvalue weighted by Crippen LogP contribution is 2.16. The quantitative estimate of drug-likeness (QED) is 0.709. The Kier molecular flexibility index (Phi) is 5.78. The molecule has 28 heavy (non-hydrogen) atoms. The Morgan fingerprint density at radius 3 is 2.29 bits per heavy atom. The summed E-state index contributed by atoms with van der Waals surface area (Å²) < 4.78 is 6.99. The van der Waals surface area contributed by atoms with Crippen molar-refractivity contribution in [1.29, 1.82) is 0 Å². The third-order valence-electron chi connectivity index (χ3n) is 4.28. The summed E-state index contributed by atoms with van der Waals surface area (Å²) in [6.45, 7) is 8.04. The third kappa shape index (κ3) is 4.22. The van der Waals surface area contributed by atoms with Crippen LogP contribution in [0.4, 0.5) is 0 Å². The van der Waals surface area contributed by atoms with Gasteiger partial charge in [-0.25, -0.2) is 4.68 Å². The molecule has 0 radical (unpaired) electrons. The molecule has 1 aromatic heterocycles. The van der Waals surface area contributed by atoms with Gasteiger partial charge in [-0.15, -0.1) is 0 Å². The Morgan fingerprint density at radius 1 is 1.04 bits per heavy atom. The lowest BCUT2D eigenvalue weighted by Gasteiger charge is -2.14. The molecular formula is C22H25N3O3. The van der Waals surface area contributed by atoms with Gasteiger partial charge in [-0.2, -0.15) is 5.10 Å². The van der Waals surface area contributed by atoms with E-state index in [-0.39, 0.29) is 29.3 Å². The molecule has 3 aromatic rings. The highest BCUT2D eigenvalue weighted by Gasteiger charge is 2.17. The summed E-state index contributed by atoms with van der Waals surface area (Å²) in [4.78, 5) is 25.4. The van der Waals surface area contributed by atoms with Gasteiger partial charge >= 0.3 is 0 Å². The summed E-state index contributed by atoms with van der Waals surface area (Å²) in [6, 6.07) is 14.5. The van der Waals surface area contributed by atoms with Gasteiger partial charge in [-0.3, -0.25) is 9.59 Å². The van der Waals surface area contributed by atoms with Crippen molar-refractivity contribution in [2.45, 2.75) is 46.4 Å². The normalized spacial score (nSPS) is 11.2. The molecule has 6 heteroatoms. The second-order valence-electron chi connectivity index (χ2n) is 7.23. The summed E-state index contributed by atoms with van der Waals surface area (Å²) >= 11 is 0. The Morgan fingerprint density at radius 2 is 1.68 bits per heavy atom.